The number of carbonyl (C=O) groups excluding carboxylic acids is 1. The molecule has 0 fully saturated rings. The van der Waals surface area contributed by atoms with Crippen LogP contribution >= 0.6 is 0 Å². The van der Waals surface area contributed by atoms with Crippen LogP contribution in [0.1, 0.15) is 39.5 Å². The van der Waals surface area contributed by atoms with Gasteiger partial charge in [-0.3, -0.25) is 9.59 Å². The summed E-state index contributed by atoms with van der Waals surface area (Å²) in [6.45, 7) is 3.78. The SMILES string of the molecule is Cc1ccc(C)c(C(=O)NC(CC(=O)O)c2ccccc2)c1. The molecule has 22 heavy (non-hydrogen) atoms. The van der Waals surface area contributed by atoms with Crippen LogP contribution in [0, 0.1) is 13.8 Å². The van der Waals surface area contributed by atoms with Gasteiger partial charge >= 0.3 is 5.97 Å². The highest BCUT2D eigenvalue weighted by Gasteiger charge is 2.19. The molecule has 1 amide bonds. The number of nitrogens with one attached hydrogen (secondary N) is 1. The first-order valence-electron chi connectivity index (χ1n) is 7.12. The Hall–Kier alpha value is -2.62. The molecular weight excluding hydrogens is 278 g/mol. The second-order valence-electron chi connectivity index (χ2n) is 5.35. The molecule has 0 aliphatic heterocycles. The van der Waals surface area contributed by atoms with E-state index in [4.69, 9.17) is 5.11 Å². The lowest BCUT2D eigenvalue weighted by atomic mass is 10.0. The van der Waals surface area contributed by atoms with Crippen LogP contribution in [0.25, 0.3) is 0 Å². The molecule has 1 unspecified atom stereocenters. The molecule has 0 aliphatic rings. The molecular formula is C18H19NO3. The number of hydrogen-bond acceptors (Lipinski definition) is 2. The van der Waals surface area contributed by atoms with E-state index in [-0.39, 0.29) is 12.3 Å². The lowest BCUT2D eigenvalue weighted by molar-refractivity contribution is -0.137. The molecule has 0 spiro atoms. The molecule has 1 atom stereocenters. The first kappa shape index (κ1) is 15.8. The number of hydrogen-bond donors (Lipinski definition) is 2. The Labute approximate surface area is 129 Å². The van der Waals surface area contributed by atoms with Crippen molar-refractivity contribution in [3.63, 3.8) is 0 Å². The average molecular weight is 297 g/mol. The van der Waals surface area contributed by atoms with Crippen LogP contribution in [0.3, 0.4) is 0 Å². The summed E-state index contributed by atoms with van der Waals surface area (Å²) in [5, 5.41) is 11.9. The molecule has 0 aromatic heterocycles. The van der Waals surface area contributed by atoms with Crippen LogP contribution in [0.15, 0.2) is 48.5 Å². The summed E-state index contributed by atoms with van der Waals surface area (Å²) in [5.41, 5.74) is 3.21. The predicted octanol–water partition coefficient (Wildman–Crippen LogP) is 3.25. The highest BCUT2D eigenvalue weighted by atomic mass is 16.4. The zero-order chi connectivity index (χ0) is 16.1. The van der Waals surface area contributed by atoms with Gasteiger partial charge in [0.25, 0.3) is 5.91 Å². The molecule has 2 aromatic carbocycles. The van der Waals surface area contributed by atoms with E-state index in [0.717, 1.165) is 16.7 Å². The van der Waals surface area contributed by atoms with Gasteiger partial charge in [0.2, 0.25) is 0 Å². The van der Waals surface area contributed by atoms with Crippen LogP contribution in [-0.2, 0) is 4.79 Å². The number of carbonyl (C=O) groups is 2. The van der Waals surface area contributed by atoms with Crippen molar-refractivity contribution in [2.75, 3.05) is 0 Å². The van der Waals surface area contributed by atoms with Crippen LogP contribution in [0.4, 0.5) is 0 Å². The first-order chi connectivity index (χ1) is 10.5. The van der Waals surface area contributed by atoms with Gasteiger partial charge in [-0.05, 0) is 31.0 Å². The second-order valence-corrected chi connectivity index (χ2v) is 5.35. The van der Waals surface area contributed by atoms with Gasteiger partial charge in [-0.2, -0.15) is 0 Å². The number of aryl methyl sites for hydroxylation is 2. The van der Waals surface area contributed by atoms with Crippen LogP contribution in [0.5, 0.6) is 0 Å². The van der Waals surface area contributed by atoms with Crippen molar-refractivity contribution in [2.24, 2.45) is 0 Å². The topological polar surface area (TPSA) is 66.4 Å². The molecule has 0 heterocycles. The Morgan fingerprint density at radius 1 is 1.09 bits per heavy atom. The van der Waals surface area contributed by atoms with Crippen molar-refractivity contribution in [2.45, 2.75) is 26.3 Å². The maximum absolute atomic E-state index is 12.5. The van der Waals surface area contributed by atoms with Crippen molar-refractivity contribution in [1.82, 2.24) is 5.32 Å². The van der Waals surface area contributed by atoms with E-state index in [1.54, 1.807) is 0 Å². The van der Waals surface area contributed by atoms with Gasteiger partial charge in [-0.15, -0.1) is 0 Å². The minimum atomic E-state index is -0.949. The molecule has 4 nitrogen and oxygen atoms in total. The molecule has 2 aromatic rings. The quantitative estimate of drug-likeness (QED) is 0.890. The minimum absolute atomic E-state index is 0.152. The van der Waals surface area contributed by atoms with E-state index in [1.807, 2.05) is 62.4 Å². The number of aliphatic carboxylic acids is 1. The number of carboxylic acids is 1. The molecule has 0 bridgehead atoms. The second kappa shape index (κ2) is 6.89. The Bertz CT molecular complexity index is 680. The summed E-state index contributed by atoms with van der Waals surface area (Å²) in [6.07, 6.45) is -0.152. The number of rotatable bonds is 5. The molecule has 4 heteroatoms. The molecule has 0 radical (unpaired) electrons. The minimum Gasteiger partial charge on any atom is -0.481 e. The predicted molar refractivity (Wildman–Crippen MR) is 84.8 cm³/mol. The zero-order valence-electron chi connectivity index (χ0n) is 12.7. The number of carboxylic acid groups (broad SMARTS) is 1. The van der Waals surface area contributed by atoms with Crippen molar-refractivity contribution in [1.29, 1.82) is 0 Å². The maximum Gasteiger partial charge on any atom is 0.305 e. The maximum atomic E-state index is 12.5. The van der Waals surface area contributed by atoms with Crippen molar-refractivity contribution < 1.29 is 14.7 Å². The van der Waals surface area contributed by atoms with Crippen LogP contribution in [-0.4, -0.2) is 17.0 Å². The van der Waals surface area contributed by atoms with E-state index in [2.05, 4.69) is 5.32 Å². The Morgan fingerprint density at radius 3 is 2.41 bits per heavy atom. The molecule has 0 saturated carbocycles. The standard InChI is InChI=1S/C18H19NO3/c1-12-8-9-13(2)15(10-12)18(22)19-16(11-17(20)21)14-6-4-3-5-7-14/h3-10,16H,11H2,1-2H3,(H,19,22)(H,20,21). The lowest BCUT2D eigenvalue weighted by Gasteiger charge is -2.18. The van der Waals surface area contributed by atoms with Crippen LogP contribution < -0.4 is 5.32 Å². The molecule has 2 rings (SSSR count). The Morgan fingerprint density at radius 2 is 1.77 bits per heavy atom. The Kier molecular flexibility index (Phi) is 4.94. The van der Waals surface area contributed by atoms with Gasteiger partial charge < -0.3 is 10.4 Å². The third-order valence-corrected chi connectivity index (χ3v) is 3.52. The highest BCUT2D eigenvalue weighted by molar-refractivity contribution is 5.96. The molecule has 2 N–H and O–H groups in total. The Balaban J connectivity index is 2.25. The largest absolute Gasteiger partial charge is 0.481 e. The van der Waals surface area contributed by atoms with Crippen molar-refractivity contribution >= 4 is 11.9 Å². The van der Waals surface area contributed by atoms with E-state index in [0.29, 0.717) is 5.56 Å². The van der Waals surface area contributed by atoms with Gasteiger partial charge in [-0.1, -0.05) is 48.0 Å². The van der Waals surface area contributed by atoms with Gasteiger partial charge in [0, 0.05) is 5.56 Å². The summed E-state index contributed by atoms with van der Waals surface area (Å²) >= 11 is 0. The van der Waals surface area contributed by atoms with Gasteiger partial charge in [0.05, 0.1) is 12.5 Å². The number of benzene rings is 2. The molecule has 114 valence electrons. The van der Waals surface area contributed by atoms with E-state index in [1.165, 1.54) is 0 Å². The summed E-state index contributed by atoms with van der Waals surface area (Å²) in [6, 6.07) is 14.2. The monoisotopic (exact) mass is 297 g/mol. The van der Waals surface area contributed by atoms with E-state index < -0.39 is 12.0 Å². The number of amides is 1. The van der Waals surface area contributed by atoms with E-state index >= 15 is 0 Å². The summed E-state index contributed by atoms with van der Waals surface area (Å²) in [7, 11) is 0. The van der Waals surface area contributed by atoms with E-state index in [9.17, 15) is 9.59 Å². The van der Waals surface area contributed by atoms with Crippen molar-refractivity contribution in [3.8, 4) is 0 Å². The molecule has 0 saturated heterocycles. The average Bonchev–Trinajstić information content (AvgIpc) is 2.49. The smallest absolute Gasteiger partial charge is 0.305 e. The fourth-order valence-electron chi connectivity index (χ4n) is 2.33. The first-order valence-corrected chi connectivity index (χ1v) is 7.12. The van der Waals surface area contributed by atoms with Crippen molar-refractivity contribution in [3.05, 3.63) is 70.8 Å². The fourth-order valence-corrected chi connectivity index (χ4v) is 2.33. The van der Waals surface area contributed by atoms with Gasteiger partial charge in [-0.25, -0.2) is 0 Å². The highest BCUT2D eigenvalue weighted by Crippen LogP contribution is 2.18. The lowest BCUT2D eigenvalue weighted by Crippen LogP contribution is -2.30. The zero-order valence-corrected chi connectivity index (χ0v) is 12.7. The van der Waals surface area contributed by atoms with Gasteiger partial charge in [0.1, 0.15) is 0 Å². The summed E-state index contributed by atoms with van der Waals surface area (Å²) in [5.74, 6) is -1.20. The molecule has 0 aliphatic carbocycles. The third-order valence-electron chi connectivity index (χ3n) is 3.52. The third kappa shape index (κ3) is 3.95. The normalized spacial score (nSPS) is 11.7. The van der Waals surface area contributed by atoms with Crippen LogP contribution in [0.2, 0.25) is 0 Å². The van der Waals surface area contributed by atoms with Gasteiger partial charge in [0.15, 0.2) is 0 Å². The summed E-state index contributed by atoms with van der Waals surface area (Å²) in [4.78, 5) is 23.5. The fraction of sp³-hybridized carbons (Fsp3) is 0.222. The summed E-state index contributed by atoms with van der Waals surface area (Å²) < 4.78 is 0.